The Hall–Kier alpha value is -0.710. The Morgan fingerprint density at radius 2 is 2.00 bits per heavy atom. The zero-order valence-corrected chi connectivity index (χ0v) is 8.59. The molecule has 0 saturated heterocycles. The first-order valence-electron chi connectivity index (χ1n) is 5.26. The molecule has 0 heterocycles. The second-order valence-electron chi connectivity index (χ2n) is 4.29. The van der Waals surface area contributed by atoms with Crippen molar-refractivity contribution >= 4 is 5.97 Å². The van der Waals surface area contributed by atoms with E-state index in [-0.39, 0.29) is 31.2 Å². The van der Waals surface area contributed by atoms with Gasteiger partial charge in [0.1, 0.15) is 0 Å². The van der Waals surface area contributed by atoms with Gasteiger partial charge < -0.3 is 10.8 Å². The maximum atomic E-state index is 12.8. The van der Waals surface area contributed by atoms with Gasteiger partial charge in [-0.05, 0) is 25.2 Å². The molecule has 5 heteroatoms. The highest BCUT2D eigenvalue weighted by Gasteiger charge is 2.36. The SMILES string of the molecule is NC(CCC(=O)O)C1CCC(F)(F)CC1. The van der Waals surface area contributed by atoms with Crippen molar-refractivity contribution < 1.29 is 18.7 Å². The predicted octanol–water partition coefficient (Wildman–Crippen LogP) is 2.00. The summed E-state index contributed by atoms with van der Waals surface area (Å²) in [6.45, 7) is 0. The first-order valence-corrected chi connectivity index (χ1v) is 5.26. The second kappa shape index (κ2) is 4.88. The summed E-state index contributed by atoms with van der Waals surface area (Å²) < 4.78 is 25.6. The molecule has 0 radical (unpaired) electrons. The normalized spacial score (nSPS) is 23.7. The van der Waals surface area contributed by atoms with E-state index >= 15 is 0 Å². The Balaban J connectivity index is 2.30. The van der Waals surface area contributed by atoms with Crippen LogP contribution in [-0.4, -0.2) is 23.0 Å². The molecule has 1 aliphatic rings. The zero-order valence-electron chi connectivity index (χ0n) is 8.59. The van der Waals surface area contributed by atoms with Gasteiger partial charge in [-0.1, -0.05) is 0 Å². The lowest BCUT2D eigenvalue weighted by Gasteiger charge is -2.31. The van der Waals surface area contributed by atoms with Crippen molar-refractivity contribution in [2.24, 2.45) is 11.7 Å². The van der Waals surface area contributed by atoms with Crippen molar-refractivity contribution in [3.63, 3.8) is 0 Å². The molecular weight excluding hydrogens is 204 g/mol. The smallest absolute Gasteiger partial charge is 0.303 e. The molecule has 1 rings (SSSR count). The van der Waals surface area contributed by atoms with E-state index in [4.69, 9.17) is 10.8 Å². The molecule has 3 nitrogen and oxygen atoms in total. The van der Waals surface area contributed by atoms with E-state index in [1.807, 2.05) is 0 Å². The number of carboxylic acid groups (broad SMARTS) is 1. The molecule has 1 fully saturated rings. The summed E-state index contributed by atoms with van der Waals surface area (Å²) in [7, 11) is 0. The number of aliphatic carboxylic acids is 1. The Kier molecular flexibility index (Phi) is 4.02. The first kappa shape index (κ1) is 12.4. The van der Waals surface area contributed by atoms with Crippen molar-refractivity contribution in [1.29, 1.82) is 0 Å². The third kappa shape index (κ3) is 4.11. The van der Waals surface area contributed by atoms with E-state index in [2.05, 4.69) is 0 Å². The molecule has 1 atom stereocenters. The van der Waals surface area contributed by atoms with Crippen LogP contribution in [0.25, 0.3) is 0 Å². The number of hydrogen-bond acceptors (Lipinski definition) is 2. The molecule has 0 amide bonds. The lowest BCUT2D eigenvalue weighted by atomic mass is 9.81. The summed E-state index contributed by atoms with van der Waals surface area (Å²) >= 11 is 0. The standard InChI is InChI=1S/C10H17F2NO2/c11-10(12)5-3-7(4-6-10)8(13)1-2-9(14)15/h7-8H,1-6,13H2,(H,14,15). The minimum absolute atomic E-state index is 0.0219. The van der Waals surface area contributed by atoms with Gasteiger partial charge in [0.15, 0.2) is 0 Å². The fourth-order valence-corrected chi connectivity index (χ4v) is 2.02. The summed E-state index contributed by atoms with van der Waals surface area (Å²) in [5.74, 6) is -3.36. The maximum absolute atomic E-state index is 12.8. The number of halogens is 2. The van der Waals surface area contributed by atoms with Crippen LogP contribution in [0.3, 0.4) is 0 Å². The van der Waals surface area contributed by atoms with Gasteiger partial charge >= 0.3 is 5.97 Å². The summed E-state index contributed by atoms with van der Waals surface area (Å²) in [5.41, 5.74) is 5.78. The van der Waals surface area contributed by atoms with E-state index in [1.54, 1.807) is 0 Å². The molecule has 0 spiro atoms. The molecule has 1 unspecified atom stereocenters. The van der Waals surface area contributed by atoms with Crippen LogP contribution < -0.4 is 5.73 Å². The van der Waals surface area contributed by atoms with Gasteiger partial charge in [-0.25, -0.2) is 8.78 Å². The van der Waals surface area contributed by atoms with Gasteiger partial charge in [-0.15, -0.1) is 0 Å². The number of alkyl halides is 2. The summed E-state index contributed by atoms with van der Waals surface area (Å²) in [4.78, 5) is 10.3. The van der Waals surface area contributed by atoms with Crippen LogP contribution in [0.4, 0.5) is 8.78 Å². The van der Waals surface area contributed by atoms with Gasteiger partial charge in [-0.3, -0.25) is 4.79 Å². The molecular formula is C10H17F2NO2. The van der Waals surface area contributed by atoms with Gasteiger partial charge in [0.2, 0.25) is 5.92 Å². The van der Waals surface area contributed by atoms with Gasteiger partial charge in [0, 0.05) is 25.3 Å². The topological polar surface area (TPSA) is 63.3 Å². The number of nitrogens with two attached hydrogens (primary N) is 1. The highest BCUT2D eigenvalue weighted by Crippen LogP contribution is 2.37. The van der Waals surface area contributed by atoms with E-state index in [0.717, 1.165) is 0 Å². The molecule has 0 aromatic carbocycles. The zero-order chi connectivity index (χ0) is 11.5. The average molecular weight is 221 g/mol. The van der Waals surface area contributed by atoms with Crippen molar-refractivity contribution in [3.05, 3.63) is 0 Å². The van der Waals surface area contributed by atoms with Crippen LogP contribution in [0, 0.1) is 5.92 Å². The molecule has 15 heavy (non-hydrogen) atoms. The van der Waals surface area contributed by atoms with E-state index in [9.17, 15) is 13.6 Å². The Morgan fingerprint density at radius 1 is 1.47 bits per heavy atom. The van der Waals surface area contributed by atoms with E-state index in [1.165, 1.54) is 0 Å². The average Bonchev–Trinajstić information content (AvgIpc) is 2.14. The van der Waals surface area contributed by atoms with Crippen molar-refractivity contribution in [2.45, 2.75) is 50.5 Å². The molecule has 3 N–H and O–H groups in total. The fourth-order valence-electron chi connectivity index (χ4n) is 2.02. The largest absolute Gasteiger partial charge is 0.481 e. The molecule has 0 aromatic heterocycles. The van der Waals surface area contributed by atoms with Crippen LogP contribution in [0.1, 0.15) is 38.5 Å². The number of carboxylic acids is 1. The summed E-state index contributed by atoms with van der Waals surface area (Å²) in [6, 6.07) is -0.253. The number of hydrogen-bond donors (Lipinski definition) is 2. The number of rotatable bonds is 4. The Morgan fingerprint density at radius 3 is 2.47 bits per heavy atom. The van der Waals surface area contributed by atoms with Crippen LogP contribution >= 0.6 is 0 Å². The van der Waals surface area contributed by atoms with E-state index < -0.39 is 11.9 Å². The third-order valence-corrected chi connectivity index (χ3v) is 3.06. The lowest BCUT2D eigenvalue weighted by molar-refractivity contribution is -0.137. The first-order chi connectivity index (χ1) is 6.91. The monoisotopic (exact) mass is 221 g/mol. The minimum Gasteiger partial charge on any atom is -0.481 e. The number of carbonyl (C=O) groups is 1. The van der Waals surface area contributed by atoms with Crippen molar-refractivity contribution in [3.8, 4) is 0 Å². The van der Waals surface area contributed by atoms with Crippen LogP contribution in [0.5, 0.6) is 0 Å². The van der Waals surface area contributed by atoms with Crippen LogP contribution in [0.15, 0.2) is 0 Å². The Labute approximate surface area is 87.6 Å². The molecule has 88 valence electrons. The lowest BCUT2D eigenvalue weighted by Crippen LogP contribution is -2.36. The van der Waals surface area contributed by atoms with E-state index in [0.29, 0.717) is 19.3 Å². The van der Waals surface area contributed by atoms with Crippen LogP contribution in [-0.2, 0) is 4.79 Å². The van der Waals surface area contributed by atoms with Gasteiger partial charge in [0.05, 0.1) is 0 Å². The van der Waals surface area contributed by atoms with Gasteiger partial charge in [-0.2, -0.15) is 0 Å². The molecule has 0 bridgehead atoms. The highest BCUT2D eigenvalue weighted by molar-refractivity contribution is 5.66. The predicted molar refractivity (Wildman–Crippen MR) is 51.8 cm³/mol. The molecule has 0 aromatic rings. The molecule has 1 aliphatic carbocycles. The summed E-state index contributed by atoms with van der Waals surface area (Å²) in [6.07, 6.45) is 0.998. The van der Waals surface area contributed by atoms with Gasteiger partial charge in [0.25, 0.3) is 0 Å². The maximum Gasteiger partial charge on any atom is 0.303 e. The van der Waals surface area contributed by atoms with Crippen molar-refractivity contribution in [2.75, 3.05) is 0 Å². The molecule has 1 saturated carbocycles. The second-order valence-corrected chi connectivity index (χ2v) is 4.29. The highest BCUT2D eigenvalue weighted by atomic mass is 19.3. The Bertz CT molecular complexity index is 223. The van der Waals surface area contributed by atoms with Crippen LogP contribution in [0.2, 0.25) is 0 Å². The quantitative estimate of drug-likeness (QED) is 0.763. The van der Waals surface area contributed by atoms with Crippen molar-refractivity contribution in [1.82, 2.24) is 0 Å². The molecule has 0 aliphatic heterocycles. The fraction of sp³-hybridized carbons (Fsp3) is 0.900. The summed E-state index contributed by atoms with van der Waals surface area (Å²) in [5, 5.41) is 8.47. The minimum atomic E-state index is -2.54. The third-order valence-electron chi connectivity index (χ3n) is 3.06.